The lowest BCUT2D eigenvalue weighted by Gasteiger charge is -2.41. The molecule has 1 aliphatic rings. The van der Waals surface area contributed by atoms with Gasteiger partial charge in [-0.25, -0.2) is 9.92 Å². The van der Waals surface area contributed by atoms with Crippen LogP contribution < -0.4 is 16.4 Å². The summed E-state index contributed by atoms with van der Waals surface area (Å²) in [6.45, 7) is 8.48. The zero-order valence-electron chi connectivity index (χ0n) is 17.3. The SMILES string of the molecule is CC(C)Cc1cc(F)c(C(=N)N=N)c(N2CCN(C/C(N)=C/C=C\N)P(C)C2)c1. The number of amidine groups is 1. The summed E-state index contributed by atoms with van der Waals surface area (Å²) in [5.41, 5.74) is 21.0. The molecule has 158 valence electrons. The second-order valence-electron chi connectivity index (χ2n) is 7.61. The molecule has 29 heavy (non-hydrogen) atoms. The molecule has 0 radical (unpaired) electrons. The fourth-order valence-corrected chi connectivity index (χ4v) is 5.23. The van der Waals surface area contributed by atoms with Crippen LogP contribution in [0.15, 0.2) is 41.3 Å². The lowest BCUT2D eigenvalue weighted by atomic mass is 9.99. The van der Waals surface area contributed by atoms with E-state index in [9.17, 15) is 4.39 Å². The number of rotatable bonds is 7. The molecule has 1 aromatic carbocycles. The molecule has 0 bridgehead atoms. The Balaban J connectivity index is 2.28. The van der Waals surface area contributed by atoms with E-state index in [1.54, 1.807) is 12.2 Å². The van der Waals surface area contributed by atoms with Gasteiger partial charge in [0.05, 0.1) is 17.5 Å². The summed E-state index contributed by atoms with van der Waals surface area (Å²) in [6, 6.07) is 3.43. The fourth-order valence-electron chi connectivity index (χ4n) is 3.43. The van der Waals surface area contributed by atoms with E-state index in [0.717, 1.165) is 30.5 Å². The highest BCUT2D eigenvalue weighted by Crippen LogP contribution is 2.42. The van der Waals surface area contributed by atoms with Gasteiger partial charge in [-0.2, -0.15) is 0 Å². The smallest absolute Gasteiger partial charge is 0.178 e. The second kappa shape index (κ2) is 10.5. The number of nitrogens with zero attached hydrogens (tertiary/aromatic N) is 3. The maximum Gasteiger partial charge on any atom is 0.178 e. The monoisotopic (exact) mass is 419 g/mol. The maximum absolute atomic E-state index is 14.9. The van der Waals surface area contributed by atoms with Crippen molar-refractivity contribution in [2.45, 2.75) is 20.3 Å². The van der Waals surface area contributed by atoms with Crippen LogP contribution >= 0.6 is 8.07 Å². The van der Waals surface area contributed by atoms with Crippen LogP contribution in [0.1, 0.15) is 25.0 Å². The number of nitrogens with two attached hydrogens (primary N) is 2. The number of nitrogens with one attached hydrogen (secondary N) is 2. The van der Waals surface area contributed by atoms with Crippen LogP contribution in [-0.2, 0) is 6.42 Å². The summed E-state index contributed by atoms with van der Waals surface area (Å²) in [5, 5.41) is 11.2. The minimum atomic E-state index is -0.525. The van der Waals surface area contributed by atoms with Crippen LogP contribution in [0.3, 0.4) is 0 Å². The van der Waals surface area contributed by atoms with E-state index in [-0.39, 0.29) is 11.4 Å². The van der Waals surface area contributed by atoms with E-state index in [4.69, 9.17) is 22.4 Å². The van der Waals surface area contributed by atoms with Gasteiger partial charge < -0.3 is 16.4 Å². The van der Waals surface area contributed by atoms with Gasteiger partial charge >= 0.3 is 0 Å². The molecule has 1 aromatic rings. The molecule has 0 saturated carbocycles. The van der Waals surface area contributed by atoms with Gasteiger partial charge in [0.2, 0.25) is 0 Å². The van der Waals surface area contributed by atoms with Crippen molar-refractivity contribution in [3.8, 4) is 0 Å². The van der Waals surface area contributed by atoms with Gasteiger partial charge in [-0.15, -0.1) is 5.11 Å². The number of anilines is 1. The van der Waals surface area contributed by atoms with Gasteiger partial charge in [0.25, 0.3) is 0 Å². The van der Waals surface area contributed by atoms with Gasteiger partial charge in [-0.1, -0.05) is 13.8 Å². The molecule has 1 saturated heterocycles. The first-order valence-electron chi connectivity index (χ1n) is 9.59. The Morgan fingerprint density at radius 1 is 1.38 bits per heavy atom. The Kier molecular flexibility index (Phi) is 8.29. The Morgan fingerprint density at radius 2 is 2.10 bits per heavy atom. The molecule has 2 rings (SSSR count). The third-order valence-electron chi connectivity index (χ3n) is 4.74. The lowest BCUT2D eigenvalue weighted by Crippen LogP contribution is -2.42. The number of allylic oxidation sites excluding steroid dienone is 2. The first-order chi connectivity index (χ1) is 13.8. The van der Waals surface area contributed by atoms with Gasteiger partial charge in [0, 0.05) is 25.3 Å². The maximum atomic E-state index is 14.9. The Labute approximate surface area is 173 Å². The lowest BCUT2D eigenvalue weighted by molar-refractivity contribution is 0.474. The van der Waals surface area contributed by atoms with Crippen LogP contribution in [0, 0.1) is 22.7 Å². The zero-order valence-corrected chi connectivity index (χ0v) is 18.2. The van der Waals surface area contributed by atoms with E-state index in [2.05, 4.69) is 35.2 Å². The molecule has 0 aliphatic carbocycles. The zero-order chi connectivity index (χ0) is 21.6. The average molecular weight is 419 g/mol. The van der Waals surface area contributed by atoms with E-state index in [1.807, 2.05) is 6.07 Å². The quantitative estimate of drug-likeness (QED) is 0.177. The molecule has 9 heteroatoms. The standard InChI is InChI=1S/C20H31FN7P/c1-14(2)9-15-10-17(21)19(20(24)26-25)18(11-15)27-7-8-28(29(3)13-27)12-16(23)5-4-6-22/h4-6,10-11,14,24-25H,7-9,12-13,22-23H2,1-3H3/b6-4-,16-5-,24-20?,26-25?. The van der Waals surface area contributed by atoms with Crippen LogP contribution in [0.4, 0.5) is 10.1 Å². The average Bonchev–Trinajstić information content (AvgIpc) is 2.66. The molecular weight excluding hydrogens is 388 g/mol. The highest BCUT2D eigenvalue weighted by molar-refractivity contribution is 7.54. The summed E-state index contributed by atoms with van der Waals surface area (Å²) in [7, 11) is -0.525. The predicted molar refractivity (Wildman–Crippen MR) is 119 cm³/mol. The second-order valence-corrected chi connectivity index (χ2v) is 9.77. The Morgan fingerprint density at radius 3 is 2.69 bits per heavy atom. The number of hydrogen-bond acceptors (Lipinski definition) is 6. The van der Waals surface area contributed by atoms with Crippen LogP contribution in [-0.4, -0.2) is 43.1 Å². The summed E-state index contributed by atoms with van der Waals surface area (Å²) in [5.74, 6) is -0.439. The summed E-state index contributed by atoms with van der Waals surface area (Å²) >= 11 is 0. The summed E-state index contributed by atoms with van der Waals surface area (Å²) < 4.78 is 17.2. The predicted octanol–water partition coefficient (Wildman–Crippen LogP) is 3.80. The highest BCUT2D eigenvalue weighted by atomic mass is 31.1. The topological polar surface area (TPSA) is 119 Å². The van der Waals surface area contributed by atoms with Gasteiger partial charge in [0.1, 0.15) is 5.82 Å². The summed E-state index contributed by atoms with van der Waals surface area (Å²) in [4.78, 5) is 2.11. The van der Waals surface area contributed by atoms with Gasteiger partial charge in [-0.3, -0.25) is 10.1 Å². The normalized spacial score (nSPS) is 18.6. The first kappa shape index (κ1) is 23.0. The van der Waals surface area contributed by atoms with Crippen LogP contribution in [0.2, 0.25) is 0 Å². The van der Waals surface area contributed by atoms with E-state index < -0.39 is 13.9 Å². The van der Waals surface area contributed by atoms with Crippen molar-refractivity contribution in [1.82, 2.24) is 4.67 Å². The Bertz CT molecular complexity index is 806. The molecule has 0 spiro atoms. The Hall–Kier alpha value is -2.31. The molecular formula is C20H31FN7P. The van der Waals surface area contributed by atoms with Crippen LogP contribution in [0.25, 0.3) is 0 Å². The van der Waals surface area contributed by atoms with Crippen molar-refractivity contribution in [1.29, 1.82) is 10.9 Å². The molecule has 1 atom stereocenters. The van der Waals surface area contributed by atoms with Gasteiger partial charge in [-0.05, 0) is 63.1 Å². The van der Waals surface area contributed by atoms with Gasteiger partial charge in [0.15, 0.2) is 5.84 Å². The number of benzene rings is 1. The third-order valence-corrected chi connectivity index (χ3v) is 6.79. The molecule has 1 aliphatic heterocycles. The minimum absolute atomic E-state index is 0.108. The largest absolute Gasteiger partial charge is 0.405 e. The molecule has 1 unspecified atom stereocenters. The minimum Gasteiger partial charge on any atom is -0.405 e. The van der Waals surface area contributed by atoms with E-state index in [1.165, 1.54) is 12.3 Å². The van der Waals surface area contributed by atoms with Crippen molar-refractivity contribution in [3.63, 3.8) is 0 Å². The molecule has 1 heterocycles. The van der Waals surface area contributed by atoms with Crippen molar-refractivity contribution >= 4 is 19.6 Å². The first-order valence-corrected chi connectivity index (χ1v) is 11.5. The number of hydrogen-bond donors (Lipinski definition) is 4. The number of halogens is 1. The van der Waals surface area contributed by atoms with Crippen molar-refractivity contribution in [3.05, 3.63) is 53.1 Å². The summed E-state index contributed by atoms with van der Waals surface area (Å²) in [6.07, 6.45) is 6.46. The third kappa shape index (κ3) is 6.08. The van der Waals surface area contributed by atoms with Crippen molar-refractivity contribution in [2.24, 2.45) is 22.5 Å². The van der Waals surface area contributed by atoms with Crippen molar-refractivity contribution in [2.75, 3.05) is 37.5 Å². The highest BCUT2D eigenvalue weighted by Gasteiger charge is 2.27. The molecule has 1 fully saturated rings. The fraction of sp³-hybridized carbons (Fsp3) is 0.450. The molecule has 0 amide bonds. The van der Waals surface area contributed by atoms with E-state index in [0.29, 0.717) is 24.7 Å². The van der Waals surface area contributed by atoms with Crippen molar-refractivity contribution < 1.29 is 4.39 Å². The molecule has 6 N–H and O–H groups in total. The van der Waals surface area contributed by atoms with Crippen LogP contribution in [0.5, 0.6) is 0 Å². The molecule has 7 nitrogen and oxygen atoms in total. The van der Waals surface area contributed by atoms with E-state index >= 15 is 0 Å². The molecule has 0 aromatic heterocycles.